The van der Waals surface area contributed by atoms with Gasteiger partial charge < -0.3 is 15.5 Å². The molecule has 0 radical (unpaired) electrons. The lowest BCUT2D eigenvalue weighted by Crippen LogP contribution is -2.33. The predicted octanol–water partition coefficient (Wildman–Crippen LogP) is 1.45. The van der Waals surface area contributed by atoms with Gasteiger partial charge in [0.2, 0.25) is 0 Å². The van der Waals surface area contributed by atoms with Crippen molar-refractivity contribution in [3.05, 3.63) is 0 Å². The second kappa shape index (κ2) is 10.1. The van der Waals surface area contributed by atoms with Gasteiger partial charge in [-0.05, 0) is 58.4 Å². The van der Waals surface area contributed by atoms with Gasteiger partial charge in [-0.3, -0.25) is 0 Å². The molecule has 16 heavy (non-hydrogen) atoms. The average Bonchev–Trinajstić information content (AvgIpc) is 2.34. The molecule has 1 aliphatic heterocycles. The maximum atomic E-state index is 3.49. The molecule has 0 amide bonds. The number of hydrogen-bond donors (Lipinski definition) is 2. The first-order valence-corrected chi connectivity index (χ1v) is 7.07. The summed E-state index contributed by atoms with van der Waals surface area (Å²) in [5.74, 6) is 0. The maximum Gasteiger partial charge on any atom is 0.00767 e. The summed E-state index contributed by atoms with van der Waals surface area (Å²) in [6, 6.07) is 0. The van der Waals surface area contributed by atoms with E-state index >= 15 is 0 Å². The van der Waals surface area contributed by atoms with Crippen molar-refractivity contribution in [3.8, 4) is 0 Å². The Morgan fingerprint density at radius 3 is 2.25 bits per heavy atom. The molecule has 1 fully saturated rings. The highest BCUT2D eigenvalue weighted by atomic mass is 15.1. The van der Waals surface area contributed by atoms with E-state index in [1.54, 1.807) is 0 Å². The third kappa shape index (κ3) is 7.20. The molecule has 96 valence electrons. The van der Waals surface area contributed by atoms with Crippen molar-refractivity contribution in [2.45, 2.75) is 39.0 Å². The van der Waals surface area contributed by atoms with Gasteiger partial charge in [0.05, 0.1) is 0 Å². The summed E-state index contributed by atoms with van der Waals surface area (Å²) in [5.41, 5.74) is 0. The minimum absolute atomic E-state index is 1.11. The highest BCUT2D eigenvalue weighted by Crippen LogP contribution is 2.08. The second-order valence-corrected chi connectivity index (χ2v) is 4.76. The Morgan fingerprint density at radius 2 is 1.56 bits per heavy atom. The molecule has 0 saturated carbocycles. The Bertz CT molecular complexity index is 144. The molecular weight excluding hydrogens is 198 g/mol. The zero-order chi connectivity index (χ0) is 11.5. The number of rotatable bonds is 9. The van der Waals surface area contributed by atoms with Crippen LogP contribution in [0, 0.1) is 0 Å². The third-order valence-electron chi connectivity index (χ3n) is 3.18. The van der Waals surface area contributed by atoms with Crippen molar-refractivity contribution in [2.24, 2.45) is 0 Å². The van der Waals surface area contributed by atoms with E-state index in [4.69, 9.17) is 0 Å². The summed E-state index contributed by atoms with van der Waals surface area (Å²) in [6.45, 7) is 10.7. The zero-order valence-corrected chi connectivity index (χ0v) is 10.9. The van der Waals surface area contributed by atoms with E-state index in [2.05, 4.69) is 22.5 Å². The van der Waals surface area contributed by atoms with Crippen molar-refractivity contribution >= 4 is 0 Å². The normalized spacial score (nSPS) is 17.8. The molecule has 0 bridgehead atoms. The lowest BCUT2D eigenvalue weighted by Gasteiger charge is -2.26. The van der Waals surface area contributed by atoms with Gasteiger partial charge in [0.25, 0.3) is 0 Å². The number of nitrogens with zero attached hydrogens (tertiary/aromatic N) is 1. The van der Waals surface area contributed by atoms with Crippen molar-refractivity contribution in [1.29, 1.82) is 0 Å². The number of hydrogen-bond acceptors (Lipinski definition) is 3. The maximum absolute atomic E-state index is 3.49. The fourth-order valence-electron chi connectivity index (χ4n) is 2.21. The molecule has 1 aliphatic rings. The lowest BCUT2D eigenvalue weighted by molar-refractivity contribution is 0.226. The van der Waals surface area contributed by atoms with Crippen LogP contribution in [0.1, 0.15) is 39.0 Å². The van der Waals surface area contributed by atoms with E-state index in [0.717, 1.165) is 19.6 Å². The fraction of sp³-hybridized carbons (Fsp3) is 1.00. The Hall–Kier alpha value is -0.120. The Kier molecular flexibility index (Phi) is 8.77. The quantitative estimate of drug-likeness (QED) is 0.584. The van der Waals surface area contributed by atoms with Crippen LogP contribution in [0.5, 0.6) is 0 Å². The average molecular weight is 227 g/mol. The minimum atomic E-state index is 1.11. The second-order valence-electron chi connectivity index (χ2n) is 4.76. The van der Waals surface area contributed by atoms with E-state index in [9.17, 15) is 0 Å². The molecule has 2 N–H and O–H groups in total. The molecule has 1 rings (SSSR count). The highest BCUT2D eigenvalue weighted by Gasteiger charge is 2.08. The Labute approximate surface area is 101 Å². The topological polar surface area (TPSA) is 27.3 Å². The van der Waals surface area contributed by atoms with Crippen LogP contribution in [-0.2, 0) is 0 Å². The number of piperidine rings is 1. The minimum Gasteiger partial charge on any atom is -0.315 e. The number of nitrogens with one attached hydrogen (secondary N) is 2. The van der Waals surface area contributed by atoms with Gasteiger partial charge in [-0.15, -0.1) is 0 Å². The van der Waals surface area contributed by atoms with E-state index in [-0.39, 0.29) is 0 Å². The zero-order valence-electron chi connectivity index (χ0n) is 10.9. The SMILES string of the molecule is CCCNCCNCCCN1CCCCC1. The van der Waals surface area contributed by atoms with Gasteiger partial charge >= 0.3 is 0 Å². The first kappa shape index (κ1) is 13.9. The molecule has 0 aromatic heterocycles. The predicted molar refractivity (Wildman–Crippen MR) is 70.9 cm³/mol. The smallest absolute Gasteiger partial charge is 0.00767 e. The van der Waals surface area contributed by atoms with E-state index in [1.165, 1.54) is 58.3 Å². The summed E-state index contributed by atoms with van der Waals surface area (Å²) in [6.07, 6.45) is 6.79. The monoisotopic (exact) mass is 227 g/mol. The van der Waals surface area contributed by atoms with Crippen LogP contribution < -0.4 is 10.6 Å². The summed E-state index contributed by atoms with van der Waals surface area (Å²) in [7, 11) is 0. The van der Waals surface area contributed by atoms with Crippen molar-refractivity contribution in [3.63, 3.8) is 0 Å². The highest BCUT2D eigenvalue weighted by molar-refractivity contribution is 4.64. The van der Waals surface area contributed by atoms with Crippen LogP contribution in [0.2, 0.25) is 0 Å². The molecule has 0 atom stereocenters. The van der Waals surface area contributed by atoms with Crippen molar-refractivity contribution in [2.75, 3.05) is 45.8 Å². The van der Waals surface area contributed by atoms with Crippen molar-refractivity contribution < 1.29 is 0 Å². The molecule has 1 saturated heterocycles. The first-order valence-electron chi connectivity index (χ1n) is 7.07. The van der Waals surface area contributed by atoms with Gasteiger partial charge in [0, 0.05) is 13.1 Å². The van der Waals surface area contributed by atoms with Gasteiger partial charge in [-0.2, -0.15) is 0 Å². The number of likely N-dealkylation sites (tertiary alicyclic amines) is 1. The molecule has 0 spiro atoms. The van der Waals surface area contributed by atoms with Crippen LogP contribution in [-0.4, -0.2) is 50.7 Å². The van der Waals surface area contributed by atoms with Crippen molar-refractivity contribution in [1.82, 2.24) is 15.5 Å². The molecule has 1 heterocycles. The largest absolute Gasteiger partial charge is 0.315 e. The summed E-state index contributed by atoms with van der Waals surface area (Å²) in [4.78, 5) is 2.61. The molecule has 3 nitrogen and oxygen atoms in total. The Balaban J connectivity index is 1.77. The molecule has 3 heteroatoms. The van der Waals surface area contributed by atoms with Crippen LogP contribution in [0.15, 0.2) is 0 Å². The van der Waals surface area contributed by atoms with Crippen LogP contribution in [0.4, 0.5) is 0 Å². The molecule has 0 unspecified atom stereocenters. The fourth-order valence-corrected chi connectivity index (χ4v) is 2.21. The third-order valence-corrected chi connectivity index (χ3v) is 3.18. The van der Waals surface area contributed by atoms with E-state index in [0.29, 0.717) is 0 Å². The van der Waals surface area contributed by atoms with Gasteiger partial charge in [-0.1, -0.05) is 13.3 Å². The van der Waals surface area contributed by atoms with Gasteiger partial charge in [-0.25, -0.2) is 0 Å². The van der Waals surface area contributed by atoms with E-state index in [1.807, 2.05) is 0 Å². The van der Waals surface area contributed by atoms with E-state index < -0.39 is 0 Å². The van der Waals surface area contributed by atoms with Gasteiger partial charge in [0.15, 0.2) is 0 Å². The molecule has 0 aromatic rings. The summed E-state index contributed by atoms with van der Waals surface area (Å²) < 4.78 is 0. The molecule has 0 aliphatic carbocycles. The summed E-state index contributed by atoms with van der Waals surface area (Å²) in [5, 5.41) is 6.90. The summed E-state index contributed by atoms with van der Waals surface area (Å²) >= 11 is 0. The molecule has 0 aromatic carbocycles. The first-order chi connectivity index (χ1) is 7.93. The van der Waals surface area contributed by atoms with Crippen LogP contribution >= 0.6 is 0 Å². The standard InChI is InChI=1S/C13H29N3/c1-2-7-14-9-10-15-8-6-13-16-11-4-3-5-12-16/h14-15H,2-13H2,1H3. The van der Waals surface area contributed by atoms with Gasteiger partial charge in [0.1, 0.15) is 0 Å². The lowest BCUT2D eigenvalue weighted by atomic mass is 10.1. The van der Waals surface area contributed by atoms with Crippen LogP contribution in [0.3, 0.4) is 0 Å². The van der Waals surface area contributed by atoms with Crippen LogP contribution in [0.25, 0.3) is 0 Å². The Morgan fingerprint density at radius 1 is 0.875 bits per heavy atom. The molecular formula is C13H29N3.